The second-order valence-electron chi connectivity index (χ2n) is 14.8. The van der Waals surface area contributed by atoms with E-state index in [2.05, 4.69) is 48.5 Å². The van der Waals surface area contributed by atoms with Crippen molar-refractivity contribution >= 4 is 18.3 Å². The molecule has 0 bridgehead atoms. The highest BCUT2D eigenvalue weighted by Gasteiger charge is 2.24. The standard InChI is InChI=1S/C21H33NO4.C21H31NO4/c2*1-5-6-7-8-16-9-11-17(12-10-16)13-14-19(24)18(15-23)22-20(25)26-21(2,3)4/h9-14,18-19,23-24H,5-8,15H2,1-4H3,(H,22,25);9-12,18-19,23-24H,5-8,15H2,1-4H3,(H,22,25)/b14-13+;/t2*18-,19+/m11/s1. The number of carbonyl (C=O) groups is 2. The van der Waals surface area contributed by atoms with Crippen molar-refractivity contribution in [1.82, 2.24) is 10.6 Å². The number of unbranched alkanes of at least 4 members (excludes halogenated alkanes) is 4. The molecule has 52 heavy (non-hydrogen) atoms. The lowest BCUT2D eigenvalue weighted by atomic mass is 10.0. The number of amides is 2. The minimum absolute atomic E-state index is 0.388. The van der Waals surface area contributed by atoms with E-state index < -0.39 is 54.3 Å². The molecular weight excluding hydrogens is 660 g/mol. The van der Waals surface area contributed by atoms with E-state index in [1.165, 1.54) is 49.7 Å². The molecule has 0 unspecified atom stereocenters. The first kappa shape index (κ1) is 46.1. The summed E-state index contributed by atoms with van der Waals surface area (Å²) in [5, 5.41) is 44.0. The lowest BCUT2D eigenvalue weighted by Gasteiger charge is -2.24. The highest BCUT2D eigenvalue weighted by Crippen LogP contribution is 2.13. The highest BCUT2D eigenvalue weighted by atomic mass is 16.6. The van der Waals surface area contributed by atoms with Crippen LogP contribution in [0.3, 0.4) is 0 Å². The topological polar surface area (TPSA) is 158 Å². The molecule has 6 N–H and O–H groups in total. The van der Waals surface area contributed by atoms with Crippen LogP contribution in [0.1, 0.15) is 116 Å². The van der Waals surface area contributed by atoms with E-state index in [-0.39, 0.29) is 6.61 Å². The molecule has 0 fully saturated rings. The lowest BCUT2D eigenvalue weighted by molar-refractivity contribution is 0.0402. The average molecular weight is 725 g/mol. The molecule has 0 heterocycles. The Morgan fingerprint density at radius 3 is 1.58 bits per heavy atom. The van der Waals surface area contributed by atoms with Gasteiger partial charge in [-0.3, -0.25) is 0 Å². The molecule has 4 atom stereocenters. The fourth-order valence-electron chi connectivity index (χ4n) is 4.69. The third-order valence-electron chi connectivity index (χ3n) is 7.51. The number of aliphatic hydroxyl groups is 4. The van der Waals surface area contributed by atoms with Crippen LogP contribution in [0.15, 0.2) is 54.6 Å². The number of rotatable bonds is 16. The summed E-state index contributed by atoms with van der Waals surface area (Å²) in [4.78, 5) is 23.5. The van der Waals surface area contributed by atoms with Crippen molar-refractivity contribution in [3.8, 4) is 11.8 Å². The monoisotopic (exact) mass is 724 g/mol. The Kier molecular flexibility index (Phi) is 21.6. The zero-order valence-electron chi connectivity index (χ0n) is 32.6. The van der Waals surface area contributed by atoms with Crippen molar-refractivity contribution in [3.05, 3.63) is 76.9 Å². The number of alkyl carbamates (subject to hydrolysis) is 2. The number of hydrogen-bond acceptors (Lipinski definition) is 8. The molecule has 0 saturated heterocycles. The molecule has 0 radical (unpaired) electrons. The van der Waals surface area contributed by atoms with Crippen molar-refractivity contribution in [3.63, 3.8) is 0 Å². The van der Waals surface area contributed by atoms with E-state index in [4.69, 9.17) is 9.47 Å². The van der Waals surface area contributed by atoms with Gasteiger partial charge < -0.3 is 40.5 Å². The van der Waals surface area contributed by atoms with Gasteiger partial charge in [0.2, 0.25) is 0 Å². The van der Waals surface area contributed by atoms with Crippen LogP contribution in [0.4, 0.5) is 9.59 Å². The Balaban J connectivity index is 0.000000520. The van der Waals surface area contributed by atoms with Crippen LogP contribution in [0.2, 0.25) is 0 Å². The van der Waals surface area contributed by atoms with E-state index in [9.17, 15) is 30.0 Å². The summed E-state index contributed by atoms with van der Waals surface area (Å²) in [6.07, 6.45) is 9.12. The summed E-state index contributed by atoms with van der Waals surface area (Å²) in [6, 6.07) is 14.3. The normalized spacial score (nSPS) is 13.8. The van der Waals surface area contributed by atoms with Gasteiger partial charge in [0.25, 0.3) is 0 Å². The molecule has 2 aromatic rings. The Morgan fingerprint density at radius 1 is 0.712 bits per heavy atom. The van der Waals surface area contributed by atoms with Crippen LogP contribution in [-0.4, -0.2) is 81.3 Å². The van der Waals surface area contributed by atoms with Crippen molar-refractivity contribution < 1.29 is 39.5 Å². The zero-order chi connectivity index (χ0) is 39.2. The fourth-order valence-corrected chi connectivity index (χ4v) is 4.69. The Bertz CT molecular complexity index is 1380. The van der Waals surface area contributed by atoms with Crippen LogP contribution >= 0.6 is 0 Å². The van der Waals surface area contributed by atoms with E-state index in [1.807, 2.05) is 36.4 Å². The van der Waals surface area contributed by atoms with Crippen molar-refractivity contribution in [2.24, 2.45) is 0 Å². The quantitative estimate of drug-likeness (QED) is 0.0826. The Hall–Kier alpha value is -3.88. The molecule has 2 aromatic carbocycles. The number of ether oxygens (including phenoxy) is 2. The molecule has 10 nitrogen and oxygen atoms in total. The van der Waals surface area contributed by atoms with Crippen LogP contribution in [0.5, 0.6) is 0 Å². The fraction of sp³-hybridized carbons (Fsp3) is 0.571. The summed E-state index contributed by atoms with van der Waals surface area (Å²) in [6.45, 7) is 14.0. The van der Waals surface area contributed by atoms with Gasteiger partial charge in [-0.15, -0.1) is 0 Å². The number of nitrogens with one attached hydrogen (secondary N) is 2. The van der Waals surface area contributed by atoms with Crippen molar-refractivity contribution in [2.75, 3.05) is 13.2 Å². The Morgan fingerprint density at radius 2 is 1.15 bits per heavy atom. The summed E-state index contributed by atoms with van der Waals surface area (Å²) in [5.41, 5.74) is 3.01. The molecule has 0 aliphatic carbocycles. The van der Waals surface area contributed by atoms with Crippen LogP contribution in [0, 0.1) is 11.8 Å². The minimum Gasteiger partial charge on any atom is -0.444 e. The lowest BCUT2D eigenvalue weighted by Crippen LogP contribution is -2.47. The minimum atomic E-state index is -1.20. The molecule has 2 rings (SSSR count). The van der Waals surface area contributed by atoms with Gasteiger partial charge in [-0.2, -0.15) is 0 Å². The Labute approximate surface area is 312 Å². The zero-order valence-corrected chi connectivity index (χ0v) is 32.6. The number of benzene rings is 2. The van der Waals surface area contributed by atoms with Gasteiger partial charge in [0, 0.05) is 5.56 Å². The molecule has 10 heteroatoms. The van der Waals surface area contributed by atoms with Crippen LogP contribution in [0.25, 0.3) is 6.08 Å². The highest BCUT2D eigenvalue weighted by molar-refractivity contribution is 5.68. The first-order valence-electron chi connectivity index (χ1n) is 18.4. The predicted octanol–water partition coefficient (Wildman–Crippen LogP) is 6.70. The van der Waals surface area contributed by atoms with Gasteiger partial charge in [0.1, 0.15) is 17.3 Å². The molecule has 290 valence electrons. The third-order valence-corrected chi connectivity index (χ3v) is 7.51. The van der Waals surface area contributed by atoms with Gasteiger partial charge in [-0.25, -0.2) is 9.59 Å². The van der Waals surface area contributed by atoms with Gasteiger partial charge >= 0.3 is 12.2 Å². The predicted molar refractivity (Wildman–Crippen MR) is 208 cm³/mol. The van der Waals surface area contributed by atoms with E-state index in [0.717, 1.165) is 24.0 Å². The van der Waals surface area contributed by atoms with Gasteiger partial charge in [-0.05, 0) is 96.0 Å². The summed E-state index contributed by atoms with van der Waals surface area (Å²) in [5.74, 6) is 5.54. The number of aliphatic hydroxyl groups excluding tert-OH is 4. The number of hydrogen-bond donors (Lipinski definition) is 6. The molecule has 2 amide bonds. The van der Waals surface area contributed by atoms with Crippen LogP contribution in [-0.2, 0) is 22.3 Å². The molecular formula is C42H64N2O8. The van der Waals surface area contributed by atoms with Crippen molar-refractivity contribution in [1.29, 1.82) is 0 Å². The molecule has 0 spiro atoms. The smallest absolute Gasteiger partial charge is 0.408 e. The van der Waals surface area contributed by atoms with Crippen molar-refractivity contribution in [2.45, 2.75) is 142 Å². The molecule has 0 aliphatic heterocycles. The summed E-state index contributed by atoms with van der Waals surface area (Å²) in [7, 11) is 0. The SMILES string of the molecule is CCCCCc1ccc(/C=C/[C@H](O)[C@@H](CO)NC(=O)OC(C)(C)C)cc1.CCCCCc1ccc(C#C[C@H](O)[C@@H](CO)NC(=O)OC(C)(C)C)cc1. The maximum Gasteiger partial charge on any atom is 0.408 e. The third kappa shape index (κ3) is 21.5. The number of carbonyl (C=O) groups excluding carboxylic acids is 2. The van der Waals surface area contributed by atoms with Crippen LogP contribution < -0.4 is 10.6 Å². The largest absolute Gasteiger partial charge is 0.444 e. The molecule has 0 saturated carbocycles. The molecule has 0 aromatic heterocycles. The average Bonchev–Trinajstić information content (AvgIpc) is 3.07. The van der Waals surface area contributed by atoms with E-state index >= 15 is 0 Å². The second kappa shape index (κ2) is 24.4. The van der Waals surface area contributed by atoms with E-state index in [1.54, 1.807) is 53.7 Å². The maximum atomic E-state index is 11.8. The summed E-state index contributed by atoms with van der Waals surface area (Å²) < 4.78 is 10.3. The second-order valence-corrected chi connectivity index (χ2v) is 14.8. The van der Waals surface area contributed by atoms with Gasteiger partial charge in [0.15, 0.2) is 0 Å². The van der Waals surface area contributed by atoms with E-state index in [0.29, 0.717) is 0 Å². The first-order chi connectivity index (χ1) is 24.5. The molecule has 0 aliphatic rings. The van der Waals surface area contributed by atoms with Gasteiger partial charge in [-0.1, -0.05) is 99.9 Å². The number of aryl methyl sites for hydroxylation is 2. The summed E-state index contributed by atoms with van der Waals surface area (Å²) >= 11 is 0. The maximum absolute atomic E-state index is 11.8. The van der Waals surface area contributed by atoms with Gasteiger partial charge in [0.05, 0.1) is 31.4 Å². The first-order valence-corrected chi connectivity index (χ1v) is 18.4.